The summed E-state index contributed by atoms with van der Waals surface area (Å²) in [6, 6.07) is 7.00. The van der Waals surface area contributed by atoms with Crippen molar-refractivity contribution in [3.8, 4) is 6.07 Å². The molecule has 1 aromatic rings. The molecule has 0 saturated heterocycles. The number of hydrogen-bond acceptors (Lipinski definition) is 3. The van der Waals surface area contributed by atoms with E-state index in [-0.39, 0.29) is 4.90 Å². The molecule has 84 valence electrons. The number of rotatable bonds is 2. The minimum atomic E-state index is -3.47. The molecule has 0 N–H and O–H groups in total. The molecule has 0 aliphatic heterocycles. The van der Waals surface area contributed by atoms with E-state index in [2.05, 4.69) is 0 Å². The quantitative estimate of drug-likeness (QED) is 0.786. The van der Waals surface area contributed by atoms with Crippen LogP contribution in [0.1, 0.15) is 24.5 Å². The Kier molecular flexibility index (Phi) is 2.73. The maximum Gasteiger partial charge on any atom is 0.194 e. The van der Waals surface area contributed by atoms with Crippen LogP contribution in [-0.4, -0.2) is 13.7 Å². The van der Waals surface area contributed by atoms with Gasteiger partial charge in [0.05, 0.1) is 11.0 Å². The summed E-state index contributed by atoms with van der Waals surface area (Å²) in [6.07, 6.45) is 3.07. The average Bonchev–Trinajstić information content (AvgIpc) is 2.74. The zero-order valence-corrected chi connectivity index (χ0v) is 9.92. The normalized spacial score (nSPS) is 16.5. The Morgan fingerprint density at radius 3 is 2.69 bits per heavy atom. The van der Waals surface area contributed by atoms with Gasteiger partial charge in [-0.3, -0.25) is 0 Å². The minimum absolute atomic E-state index is 0.280. The van der Waals surface area contributed by atoms with Crippen molar-refractivity contribution in [2.75, 3.05) is 0 Å². The SMILES string of the molecule is CC(C#N)S(=O)(=O)c1ccc2c(c1)CCC2. The van der Waals surface area contributed by atoms with Crippen molar-refractivity contribution in [3.63, 3.8) is 0 Å². The van der Waals surface area contributed by atoms with Gasteiger partial charge in [0, 0.05) is 0 Å². The summed E-state index contributed by atoms with van der Waals surface area (Å²) in [4.78, 5) is 0.280. The fraction of sp³-hybridized carbons (Fsp3) is 0.417. The first-order valence-corrected chi connectivity index (χ1v) is 6.85. The third kappa shape index (κ3) is 1.72. The molecule has 2 rings (SSSR count). The molecular weight excluding hydrogens is 222 g/mol. The Labute approximate surface area is 95.6 Å². The molecule has 1 aromatic carbocycles. The molecule has 0 heterocycles. The van der Waals surface area contributed by atoms with E-state index in [1.165, 1.54) is 12.5 Å². The maximum atomic E-state index is 11.9. The van der Waals surface area contributed by atoms with Crippen LogP contribution in [0.2, 0.25) is 0 Å². The average molecular weight is 235 g/mol. The van der Waals surface area contributed by atoms with Crippen LogP contribution in [0.4, 0.5) is 0 Å². The van der Waals surface area contributed by atoms with Crippen LogP contribution in [0.15, 0.2) is 23.1 Å². The molecule has 0 radical (unpaired) electrons. The molecule has 0 spiro atoms. The third-order valence-corrected chi connectivity index (χ3v) is 4.99. The first-order valence-electron chi connectivity index (χ1n) is 5.31. The molecule has 16 heavy (non-hydrogen) atoms. The zero-order chi connectivity index (χ0) is 11.8. The molecule has 1 atom stereocenters. The molecule has 4 heteroatoms. The smallest absolute Gasteiger partial charge is 0.194 e. The van der Waals surface area contributed by atoms with E-state index < -0.39 is 15.1 Å². The largest absolute Gasteiger partial charge is 0.222 e. The zero-order valence-electron chi connectivity index (χ0n) is 9.10. The van der Waals surface area contributed by atoms with Crippen molar-refractivity contribution in [2.24, 2.45) is 0 Å². The van der Waals surface area contributed by atoms with E-state index in [1.54, 1.807) is 18.2 Å². The molecule has 1 unspecified atom stereocenters. The van der Waals surface area contributed by atoms with Crippen LogP contribution in [0.5, 0.6) is 0 Å². The van der Waals surface area contributed by atoms with E-state index in [4.69, 9.17) is 5.26 Å². The molecule has 0 aromatic heterocycles. The van der Waals surface area contributed by atoms with Gasteiger partial charge in [0.1, 0.15) is 5.25 Å². The number of aryl methyl sites for hydroxylation is 2. The van der Waals surface area contributed by atoms with E-state index in [1.807, 2.05) is 6.07 Å². The molecule has 0 amide bonds. The van der Waals surface area contributed by atoms with E-state index in [9.17, 15) is 8.42 Å². The molecule has 0 saturated carbocycles. The first-order chi connectivity index (χ1) is 7.55. The van der Waals surface area contributed by atoms with Gasteiger partial charge in [-0.05, 0) is 49.4 Å². The Hall–Kier alpha value is -1.34. The lowest BCUT2D eigenvalue weighted by atomic mass is 10.1. The summed E-state index contributed by atoms with van der Waals surface area (Å²) in [5, 5.41) is 7.72. The van der Waals surface area contributed by atoms with Crippen LogP contribution in [-0.2, 0) is 22.7 Å². The lowest BCUT2D eigenvalue weighted by molar-refractivity contribution is 0.592. The molecule has 3 nitrogen and oxygen atoms in total. The highest BCUT2D eigenvalue weighted by Gasteiger charge is 2.24. The highest BCUT2D eigenvalue weighted by Crippen LogP contribution is 2.26. The molecular formula is C12H13NO2S. The first kappa shape index (κ1) is 11.2. The maximum absolute atomic E-state index is 11.9. The van der Waals surface area contributed by atoms with Gasteiger partial charge in [0.15, 0.2) is 9.84 Å². The van der Waals surface area contributed by atoms with Gasteiger partial charge in [-0.15, -0.1) is 0 Å². The second kappa shape index (κ2) is 3.91. The number of sulfone groups is 1. The van der Waals surface area contributed by atoms with Crippen molar-refractivity contribution < 1.29 is 8.42 Å². The van der Waals surface area contributed by atoms with E-state index in [0.29, 0.717) is 0 Å². The lowest BCUT2D eigenvalue weighted by Crippen LogP contribution is -2.16. The molecule has 1 aliphatic carbocycles. The summed E-state index contributed by atoms with van der Waals surface area (Å²) in [5.41, 5.74) is 2.36. The van der Waals surface area contributed by atoms with Gasteiger partial charge in [0.25, 0.3) is 0 Å². The summed E-state index contributed by atoms with van der Waals surface area (Å²) in [6.45, 7) is 1.42. The van der Waals surface area contributed by atoms with Gasteiger partial charge >= 0.3 is 0 Å². The van der Waals surface area contributed by atoms with Crippen molar-refractivity contribution in [2.45, 2.75) is 36.3 Å². The van der Waals surface area contributed by atoms with Gasteiger partial charge in [0.2, 0.25) is 0 Å². The molecule has 1 aliphatic rings. The summed E-state index contributed by atoms with van der Waals surface area (Å²) < 4.78 is 23.9. The van der Waals surface area contributed by atoms with E-state index in [0.717, 1.165) is 24.8 Å². The van der Waals surface area contributed by atoms with Gasteiger partial charge in [-0.1, -0.05) is 6.07 Å². The predicted octanol–water partition coefficient (Wildman–Crippen LogP) is 1.86. The van der Waals surface area contributed by atoms with Gasteiger partial charge < -0.3 is 0 Å². The van der Waals surface area contributed by atoms with Crippen molar-refractivity contribution >= 4 is 9.84 Å². The van der Waals surface area contributed by atoms with Crippen molar-refractivity contribution in [1.82, 2.24) is 0 Å². The Morgan fingerprint density at radius 1 is 1.31 bits per heavy atom. The number of nitrogens with zero attached hydrogens (tertiary/aromatic N) is 1. The summed E-state index contributed by atoms with van der Waals surface area (Å²) in [7, 11) is -3.47. The standard InChI is InChI=1S/C12H13NO2S/c1-9(8-13)16(14,15)12-6-5-10-3-2-4-11(10)7-12/h5-7,9H,2-4H2,1H3. The third-order valence-electron chi connectivity index (χ3n) is 3.05. The van der Waals surface area contributed by atoms with Gasteiger partial charge in [-0.2, -0.15) is 5.26 Å². The van der Waals surface area contributed by atoms with Crippen molar-refractivity contribution in [3.05, 3.63) is 29.3 Å². The molecule has 0 fully saturated rings. The Bertz CT molecular complexity index is 555. The monoisotopic (exact) mass is 235 g/mol. The minimum Gasteiger partial charge on any atom is -0.222 e. The van der Waals surface area contributed by atoms with Crippen molar-refractivity contribution in [1.29, 1.82) is 5.26 Å². The van der Waals surface area contributed by atoms with Crippen LogP contribution >= 0.6 is 0 Å². The predicted molar refractivity (Wildman–Crippen MR) is 60.7 cm³/mol. The highest BCUT2D eigenvalue weighted by atomic mass is 32.2. The Balaban J connectivity index is 2.47. The number of hydrogen-bond donors (Lipinski definition) is 0. The number of benzene rings is 1. The van der Waals surface area contributed by atoms with Gasteiger partial charge in [-0.25, -0.2) is 8.42 Å². The fourth-order valence-electron chi connectivity index (χ4n) is 2.00. The Morgan fingerprint density at radius 2 is 2.00 bits per heavy atom. The fourth-order valence-corrected chi connectivity index (χ4v) is 3.11. The topological polar surface area (TPSA) is 57.9 Å². The lowest BCUT2D eigenvalue weighted by Gasteiger charge is -2.07. The van der Waals surface area contributed by atoms with Crippen LogP contribution in [0, 0.1) is 11.3 Å². The van der Waals surface area contributed by atoms with E-state index >= 15 is 0 Å². The second-order valence-electron chi connectivity index (χ2n) is 4.10. The number of nitriles is 1. The summed E-state index contributed by atoms with van der Waals surface area (Å²) in [5.74, 6) is 0. The van der Waals surface area contributed by atoms with Crippen LogP contribution in [0.3, 0.4) is 0 Å². The second-order valence-corrected chi connectivity index (χ2v) is 6.37. The number of fused-ring (bicyclic) bond motifs is 1. The summed E-state index contributed by atoms with van der Waals surface area (Å²) >= 11 is 0. The van der Waals surface area contributed by atoms with Crippen LogP contribution < -0.4 is 0 Å². The molecule has 0 bridgehead atoms. The van der Waals surface area contributed by atoms with Crippen LogP contribution in [0.25, 0.3) is 0 Å². The highest BCUT2D eigenvalue weighted by molar-refractivity contribution is 7.92.